The van der Waals surface area contributed by atoms with E-state index in [1.54, 1.807) is 42.5 Å². The summed E-state index contributed by atoms with van der Waals surface area (Å²) < 4.78 is 0. The average molecular weight is 384 g/mol. The van der Waals surface area contributed by atoms with Crippen molar-refractivity contribution in [2.45, 2.75) is 0 Å². The summed E-state index contributed by atoms with van der Waals surface area (Å²) >= 11 is 12.0. The molecule has 0 unspecified atom stereocenters. The van der Waals surface area contributed by atoms with Gasteiger partial charge in [0.15, 0.2) is 0 Å². The summed E-state index contributed by atoms with van der Waals surface area (Å²) in [5, 5.41) is 15.5. The first-order chi connectivity index (χ1) is 12.5. The fraction of sp³-hybridized carbons (Fsp3) is 0. The molecule has 0 fully saturated rings. The fourth-order valence-electron chi connectivity index (χ4n) is 2.14. The molecule has 0 spiro atoms. The zero-order chi connectivity index (χ0) is 18.5. The second-order valence-corrected chi connectivity index (χ2v) is 6.03. The lowest BCUT2D eigenvalue weighted by molar-refractivity contribution is 0.102. The summed E-state index contributed by atoms with van der Waals surface area (Å²) in [4.78, 5) is 20.5. The standard InChI is InChI=1S/C18H11Cl2N5O/c19-12-4-5-14(20)15(7-12)25-18(26)16-8-17(23-10-22-16)24-13-3-1-2-11(6-13)9-21/h1-8,10H,(H,25,26)(H,22,23,24). The van der Waals surface area contributed by atoms with Crippen LogP contribution in [0.4, 0.5) is 17.2 Å². The highest BCUT2D eigenvalue weighted by Gasteiger charge is 2.12. The molecule has 6 nitrogen and oxygen atoms in total. The largest absolute Gasteiger partial charge is 0.340 e. The Bertz CT molecular complexity index is 1020. The van der Waals surface area contributed by atoms with E-state index >= 15 is 0 Å². The minimum atomic E-state index is -0.453. The van der Waals surface area contributed by atoms with Crippen molar-refractivity contribution in [3.63, 3.8) is 0 Å². The third-order valence-electron chi connectivity index (χ3n) is 3.34. The van der Waals surface area contributed by atoms with E-state index in [9.17, 15) is 4.79 Å². The molecule has 0 saturated heterocycles. The van der Waals surface area contributed by atoms with Crippen LogP contribution in [0.5, 0.6) is 0 Å². The predicted molar refractivity (Wildman–Crippen MR) is 101 cm³/mol. The third kappa shape index (κ3) is 4.28. The van der Waals surface area contributed by atoms with Crippen molar-refractivity contribution in [3.8, 4) is 6.07 Å². The van der Waals surface area contributed by atoms with E-state index in [0.717, 1.165) is 0 Å². The van der Waals surface area contributed by atoms with Crippen LogP contribution in [-0.4, -0.2) is 15.9 Å². The molecule has 8 heteroatoms. The first-order valence-corrected chi connectivity index (χ1v) is 8.16. The smallest absolute Gasteiger partial charge is 0.274 e. The number of nitrogens with zero attached hydrogens (tertiary/aromatic N) is 3. The van der Waals surface area contributed by atoms with Gasteiger partial charge in [0.1, 0.15) is 17.8 Å². The van der Waals surface area contributed by atoms with E-state index in [0.29, 0.717) is 32.8 Å². The van der Waals surface area contributed by atoms with Crippen molar-refractivity contribution >= 4 is 46.3 Å². The van der Waals surface area contributed by atoms with Crippen molar-refractivity contribution in [3.05, 3.63) is 76.2 Å². The Morgan fingerprint density at radius 1 is 1.08 bits per heavy atom. The molecular weight excluding hydrogens is 373 g/mol. The number of hydrogen-bond donors (Lipinski definition) is 2. The van der Waals surface area contributed by atoms with Gasteiger partial charge in [0.25, 0.3) is 5.91 Å². The van der Waals surface area contributed by atoms with Gasteiger partial charge in [-0.2, -0.15) is 5.26 Å². The second-order valence-electron chi connectivity index (χ2n) is 5.18. The molecule has 0 atom stereocenters. The third-order valence-corrected chi connectivity index (χ3v) is 3.91. The molecule has 0 aliphatic rings. The lowest BCUT2D eigenvalue weighted by Crippen LogP contribution is -2.14. The maximum absolute atomic E-state index is 12.4. The van der Waals surface area contributed by atoms with Gasteiger partial charge in [0.2, 0.25) is 0 Å². The number of carbonyl (C=O) groups excluding carboxylic acids is 1. The highest BCUT2D eigenvalue weighted by molar-refractivity contribution is 6.35. The normalized spacial score (nSPS) is 10.0. The Morgan fingerprint density at radius 3 is 2.73 bits per heavy atom. The summed E-state index contributed by atoms with van der Waals surface area (Å²) in [5.74, 6) is -0.0391. The van der Waals surface area contributed by atoms with Crippen LogP contribution in [0.3, 0.4) is 0 Å². The van der Waals surface area contributed by atoms with E-state index in [-0.39, 0.29) is 5.69 Å². The van der Waals surface area contributed by atoms with Gasteiger partial charge in [-0.3, -0.25) is 4.79 Å². The zero-order valence-electron chi connectivity index (χ0n) is 13.2. The molecular formula is C18H11Cl2N5O. The number of carbonyl (C=O) groups is 1. The number of nitriles is 1. The molecule has 0 radical (unpaired) electrons. The van der Waals surface area contributed by atoms with E-state index in [4.69, 9.17) is 28.5 Å². The number of rotatable bonds is 4. The van der Waals surface area contributed by atoms with Crippen LogP contribution >= 0.6 is 23.2 Å². The van der Waals surface area contributed by atoms with Crippen molar-refractivity contribution in [2.75, 3.05) is 10.6 Å². The van der Waals surface area contributed by atoms with E-state index in [1.807, 2.05) is 0 Å². The number of benzene rings is 2. The summed E-state index contributed by atoms with van der Waals surface area (Å²) in [6.45, 7) is 0. The lowest BCUT2D eigenvalue weighted by atomic mass is 10.2. The van der Waals surface area contributed by atoms with Gasteiger partial charge in [0.05, 0.1) is 22.3 Å². The summed E-state index contributed by atoms with van der Waals surface area (Å²) in [7, 11) is 0. The lowest BCUT2D eigenvalue weighted by Gasteiger charge is -2.09. The Kier molecular flexibility index (Phi) is 5.32. The SMILES string of the molecule is N#Cc1cccc(Nc2cc(C(=O)Nc3cc(Cl)ccc3Cl)ncn2)c1. The second kappa shape index (κ2) is 7.83. The molecule has 1 heterocycles. The molecule has 2 aromatic carbocycles. The summed E-state index contributed by atoms with van der Waals surface area (Å²) in [6.07, 6.45) is 1.27. The first kappa shape index (κ1) is 17.7. The van der Waals surface area contributed by atoms with Gasteiger partial charge in [-0.05, 0) is 36.4 Å². The van der Waals surface area contributed by atoms with Gasteiger partial charge in [-0.15, -0.1) is 0 Å². The van der Waals surface area contributed by atoms with Crippen LogP contribution < -0.4 is 10.6 Å². The first-order valence-electron chi connectivity index (χ1n) is 7.41. The van der Waals surface area contributed by atoms with Crippen LogP contribution in [0.1, 0.15) is 16.1 Å². The summed E-state index contributed by atoms with van der Waals surface area (Å²) in [5.41, 5.74) is 1.72. The number of amides is 1. The molecule has 0 saturated carbocycles. The molecule has 0 aliphatic carbocycles. The minimum absolute atomic E-state index is 0.148. The maximum atomic E-state index is 12.4. The van der Waals surface area contributed by atoms with Gasteiger partial charge >= 0.3 is 0 Å². The molecule has 0 aliphatic heterocycles. The van der Waals surface area contributed by atoms with Gasteiger partial charge < -0.3 is 10.6 Å². The van der Waals surface area contributed by atoms with Gasteiger partial charge in [-0.25, -0.2) is 9.97 Å². The minimum Gasteiger partial charge on any atom is -0.340 e. The Labute approximate surface area is 159 Å². The van der Waals surface area contributed by atoms with Crippen LogP contribution in [0.2, 0.25) is 10.0 Å². The Hall–Kier alpha value is -3.14. The molecule has 128 valence electrons. The van der Waals surface area contributed by atoms with Crippen molar-refractivity contribution < 1.29 is 4.79 Å². The fourth-order valence-corrected chi connectivity index (χ4v) is 2.48. The van der Waals surface area contributed by atoms with Crippen molar-refractivity contribution in [2.24, 2.45) is 0 Å². The summed E-state index contributed by atoms with van der Waals surface area (Å²) in [6, 6.07) is 15.2. The van der Waals surface area contributed by atoms with Crippen molar-refractivity contribution in [1.29, 1.82) is 5.26 Å². The quantitative estimate of drug-likeness (QED) is 0.683. The molecule has 26 heavy (non-hydrogen) atoms. The monoisotopic (exact) mass is 383 g/mol. The zero-order valence-corrected chi connectivity index (χ0v) is 14.7. The molecule has 3 rings (SSSR count). The number of aromatic nitrogens is 2. The van der Waals surface area contributed by atoms with Gasteiger partial charge in [0, 0.05) is 16.8 Å². The van der Waals surface area contributed by atoms with Gasteiger partial charge in [-0.1, -0.05) is 29.3 Å². The maximum Gasteiger partial charge on any atom is 0.274 e. The van der Waals surface area contributed by atoms with Crippen LogP contribution in [0.25, 0.3) is 0 Å². The Morgan fingerprint density at radius 2 is 1.92 bits per heavy atom. The number of anilines is 3. The van der Waals surface area contributed by atoms with E-state index < -0.39 is 5.91 Å². The van der Waals surface area contributed by atoms with Crippen LogP contribution in [-0.2, 0) is 0 Å². The van der Waals surface area contributed by atoms with E-state index in [1.165, 1.54) is 12.4 Å². The molecule has 1 aromatic heterocycles. The number of halogens is 2. The van der Waals surface area contributed by atoms with Crippen molar-refractivity contribution in [1.82, 2.24) is 9.97 Å². The number of hydrogen-bond acceptors (Lipinski definition) is 5. The topological polar surface area (TPSA) is 90.7 Å². The molecule has 3 aromatic rings. The van der Waals surface area contributed by atoms with Crippen LogP contribution in [0.15, 0.2) is 54.9 Å². The Balaban J connectivity index is 1.79. The number of nitrogens with one attached hydrogen (secondary N) is 2. The highest BCUT2D eigenvalue weighted by Crippen LogP contribution is 2.26. The predicted octanol–water partition coefficient (Wildman–Crippen LogP) is 4.65. The van der Waals surface area contributed by atoms with Crippen LogP contribution in [0, 0.1) is 11.3 Å². The molecule has 0 bridgehead atoms. The molecule has 2 N–H and O–H groups in total. The highest BCUT2D eigenvalue weighted by atomic mass is 35.5. The van der Waals surface area contributed by atoms with E-state index in [2.05, 4.69) is 26.7 Å². The molecule has 1 amide bonds. The average Bonchev–Trinajstić information content (AvgIpc) is 2.65.